The van der Waals surface area contributed by atoms with Gasteiger partial charge in [-0.15, -0.1) is 12.4 Å². The van der Waals surface area contributed by atoms with Crippen LogP contribution in [-0.2, 0) is 9.59 Å². The van der Waals surface area contributed by atoms with Crippen LogP contribution in [-0.4, -0.2) is 58.5 Å². The number of halogens is 1. The summed E-state index contributed by atoms with van der Waals surface area (Å²) in [6, 6.07) is 0.731. The molecule has 0 aromatic carbocycles. The van der Waals surface area contributed by atoms with E-state index in [4.69, 9.17) is 5.11 Å². The Morgan fingerprint density at radius 2 is 1.81 bits per heavy atom. The molecule has 0 aromatic heterocycles. The molecule has 0 aliphatic heterocycles. The molecule has 0 aromatic rings. The van der Waals surface area contributed by atoms with Crippen molar-refractivity contribution in [2.24, 2.45) is 5.92 Å². The van der Waals surface area contributed by atoms with E-state index in [2.05, 4.69) is 6.92 Å². The fourth-order valence-electron chi connectivity index (χ4n) is 2.92. The Balaban J connectivity index is 0.00000220. The highest BCUT2D eigenvalue weighted by Crippen LogP contribution is 2.39. The van der Waals surface area contributed by atoms with Crippen LogP contribution in [0.4, 0.5) is 0 Å². The summed E-state index contributed by atoms with van der Waals surface area (Å²) in [5, 5.41) is 8.92. The van der Waals surface area contributed by atoms with E-state index < -0.39 is 5.97 Å². The summed E-state index contributed by atoms with van der Waals surface area (Å²) in [7, 11) is 0. The van der Waals surface area contributed by atoms with E-state index in [1.807, 2.05) is 11.8 Å². The maximum atomic E-state index is 12.6. The number of carbonyl (C=O) groups is 2. The summed E-state index contributed by atoms with van der Waals surface area (Å²) in [4.78, 5) is 27.2. The van der Waals surface area contributed by atoms with E-state index in [-0.39, 0.29) is 31.4 Å². The highest BCUT2D eigenvalue weighted by Gasteiger charge is 2.41. The lowest BCUT2D eigenvalue weighted by molar-refractivity contribution is -0.140. The first-order valence-corrected chi connectivity index (χ1v) is 7.78. The normalized spacial score (nSPS) is 19.0. The number of hydrogen-bond acceptors (Lipinski definition) is 3. The monoisotopic (exact) mass is 318 g/mol. The largest absolute Gasteiger partial charge is 0.480 e. The minimum atomic E-state index is -0.862. The van der Waals surface area contributed by atoms with E-state index in [1.54, 1.807) is 4.90 Å². The number of carboxylic acids is 1. The molecular formula is C15H27ClN2O3. The highest BCUT2D eigenvalue weighted by atomic mass is 35.5. The van der Waals surface area contributed by atoms with Crippen molar-refractivity contribution in [1.82, 2.24) is 9.80 Å². The molecule has 0 radical (unpaired) electrons. The number of nitrogens with zero attached hydrogens (tertiary/aromatic N) is 2. The minimum Gasteiger partial charge on any atom is -0.480 e. The summed E-state index contributed by atoms with van der Waals surface area (Å²) in [6.45, 7) is 5.01. The molecule has 1 atom stereocenters. The third kappa shape index (κ3) is 5.47. The smallest absolute Gasteiger partial charge is 0.317 e. The zero-order chi connectivity index (χ0) is 14.7. The summed E-state index contributed by atoms with van der Waals surface area (Å²) in [5.74, 6) is -0.0836. The fraction of sp³-hybridized carbons (Fsp3) is 0.867. The van der Waals surface area contributed by atoms with Crippen LogP contribution in [0.25, 0.3) is 0 Å². The molecule has 0 saturated heterocycles. The van der Waals surface area contributed by atoms with Gasteiger partial charge in [-0.3, -0.25) is 14.5 Å². The molecule has 2 rings (SSSR count). The van der Waals surface area contributed by atoms with Gasteiger partial charge in [0, 0.05) is 12.1 Å². The van der Waals surface area contributed by atoms with Gasteiger partial charge in [0.15, 0.2) is 0 Å². The van der Waals surface area contributed by atoms with Crippen LogP contribution in [0, 0.1) is 5.92 Å². The lowest BCUT2D eigenvalue weighted by Crippen LogP contribution is -2.47. The average molecular weight is 319 g/mol. The van der Waals surface area contributed by atoms with Crippen molar-refractivity contribution in [2.45, 2.75) is 58.0 Å². The predicted molar refractivity (Wildman–Crippen MR) is 83.7 cm³/mol. The standard InChI is InChI=1S/C15H26N2O3.ClH/c1-3-8-16(10-15(19)20)9-14(18)17(13-6-7-13)11(2)12-4-5-12;/h11-13H,3-10H2,1-2H3,(H,19,20);1H. The van der Waals surface area contributed by atoms with Gasteiger partial charge < -0.3 is 10.0 Å². The maximum Gasteiger partial charge on any atom is 0.317 e. The Bertz CT molecular complexity index is 370. The van der Waals surface area contributed by atoms with Crippen LogP contribution >= 0.6 is 12.4 Å². The van der Waals surface area contributed by atoms with Crippen molar-refractivity contribution in [3.8, 4) is 0 Å². The molecule has 1 amide bonds. The molecule has 2 saturated carbocycles. The van der Waals surface area contributed by atoms with Gasteiger partial charge in [0.25, 0.3) is 0 Å². The highest BCUT2D eigenvalue weighted by molar-refractivity contribution is 5.85. The summed E-state index contributed by atoms with van der Waals surface area (Å²) >= 11 is 0. The predicted octanol–water partition coefficient (Wildman–Crippen LogP) is 1.99. The molecule has 0 heterocycles. The van der Waals surface area contributed by atoms with Gasteiger partial charge in [0.2, 0.25) is 5.91 Å². The summed E-state index contributed by atoms with van der Waals surface area (Å²) in [6.07, 6.45) is 5.53. The molecule has 2 fully saturated rings. The molecule has 122 valence electrons. The Morgan fingerprint density at radius 1 is 1.19 bits per heavy atom. The second-order valence-corrected chi connectivity index (χ2v) is 6.21. The Kier molecular flexibility index (Phi) is 6.94. The average Bonchev–Trinajstić information content (AvgIpc) is 3.22. The molecule has 2 aliphatic carbocycles. The van der Waals surface area contributed by atoms with Crippen LogP contribution in [0.5, 0.6) is 0 Å². The van der Waals surface area contributed by atoms with Crippen molar-refractivity contribution >= 4 is 24.3 Å². The van der Waals surface area contributed by atoms with Gasteiger partial charge in [-0.25, -0.2) is 0 Å². The molecule has 2 aliphatic rings. The van der Waals surface area contributed by atoms with E-state index >= 15 is 0 Å². The van der Waals surface area contributed by atoms with Crippen LogP contribution in [0.1, 0.15) is 46.0 Å². The van der Waals surface area contributed by atoms with Crippen molar-refractivity contribution in [3.63, 3.8) is 0 Å². The first kappa shape index (κ1) is 18.2. The molecule has 1 N–H and O–H groups in total. The molecule has 6 heteroatoms. The minimum absolute atomic E-state index is 0. The van der Waals surface area contributed by atoms with Gasteiger partial charge in [-0.2, -0.15) is 0 Å². The molecular weight excluding hydrogens is 292 g/mol. The SMILES string of the molecule is CCCN(CC(=O)O)CC(=O)N(C1CC1)C(C)C1CC1.Cl. The zero-order valence-electron chi connectivity index (χ0n) is 13.0. The number of amides is 1. The van der Waals surface area contributed by atoms with Crippen LogP contribution in [0.2, 0.25) is 0 Å². The third-order valence-electron chi connectivity index (χ3n) is 4.23. The van der Waals surface area contributed by atoms with Crippen LogP contribution in [0.3, 0.4) is 0 Å². The Hall–Kier alpha value is -0.810. The Morgan fingerprint density at radius 3 is 2.24 bits per heavy atom. The lowest BCUT2D eigenvalue weighted by Gasteiger charge is -2.31. The summed E-state index contributed by atoms with van der Waals surface area (Å²) < 4.78 is 0. The Labute approximate surface area is 133 Å². The van der Waals surface area contributed by atoms with Crippen molar-refractivity contribution in [2.75, 3.05) is 19.6 Å². The van der Waals surface area contributed by atoms with Gasteiger partial charge in [0.1, 0.15) is 0 Å². The molecule has 5 nitrogen and oxygen atoms in total. The topological polar surface area (TPSA) is 60.9 Å². The van der Waals surface area contributed by atoms with E-state index in [9.17, 15) is 9.59 Å². The second kappa shape index (κ2) is 7.99. The van der Waals surface area contributed by atoms with E-state index in [0.29, 0.717) is 24.5 Å². The van der Waals surface area contributed by atoms with Crippen LogP contribution in [0.15, 0.2) is 0 Å². The molecule has 0 spiro atoms. The van der Waals surface area contributed by atoms with E-state index in [1.165, 1.54) is 12.8 Å². The second-order valence-electron chi connectivity index (χ2n) is 6.21. The first-order chi connectivity index (χ1) is 9.52. The van der Waals surface area contributed by atoms with Gasteiger partial charge >= 0.3 is 5.97 Å². The quantitative estimate of drug-likeness (QED) is 0.706. The van der Waals surface area contributed by atoms with Crippen molar-refractivity contribution in [3.05, 3.63) is 0 Å². The number of carbonyl (C=O) groups excluding carboxylic acids is 1. The van der Waals surface area contributed by atoms with Crippen molar-refractivity contribution < 1.29 is 14.7 Å². The first-order valence-electron chi connectivity index (χ1n) is 7.78. The number of hydrogen-bond donors (Lipinski definition) is 1. The number of aliphatic carboxylic acids is 1. The maximum absolute atomic E-state index is 12.6. The lowest BCUT2D eigenvalue weighted by atomic mass is 10.1. The van der Waals surface area contributed by atoms with Gasteiger partial charge in [0.05, 0.1) is 13.1 Å². The molecule has 1 unspecified atom stereocenters. The van der Waals surface area contributed by atoms with Gasteiger partial charge in [-0.1, -0.05) is 6.92 Å². The fourth-order valence-corrected chi connectivity index (χ4v) is 2.92. The van der Waals surface area contributed by atoms with Gasteiger partial charge in [-0.05, 0) is 51.5 Å². The zero-order valence-corrected chi connectivity index (χ0v) is 13.8. The molecule has 0 bridgehead atoms. The van der Waals surface area contributed by atoms with E-state index in [0.717, 1.165) is 19.3 Å². The summed E-state index contributed by atoms with van der Waals surface area (Å²) in [5.41, 5.74) is 0. The van der Waals surface area contributed by atoms with Crippen LogP contribution < -0.4 is 0 Å². The van der Waals surface area contributed by atoms with Crippen molar-refractivity contribution in [1.29, 1.82) is 0 Å². The third-order valence-corrected chi connectivity index (χ3v) is 4.23. The number of rotatable bonds is 9. The number of carboxylic acid groups (broad SMARTS) is 1. The molecule has 21 heavy (non-hydrogen) atoms.